The van der Waals surface area contributed by atoms with E-state index in [0.29, 0.717) is 4.91 Å². The summed E-state index contributed by atoms with van der Waals surface area (Å²) in [6.45, 7) is 1.95. The molecular formula is C20H16NO3S2-. The van der Waals surface area contributed by atoms with Crippen molar-refractivity contribution in [2.75, 3.05) is 0 Å². The Labute approximate surface area is 161 Å². The van der Waals surface area contributed by atoms with E-state index in [4.69, 9.17) is 12.2 Å². The van der Waals surface area contributed by atoms with Gasteiger partial charge >= 0.3 is 0 Å². The fraction of sp³-hybridized carbons (Fsp3) is 0.150. The molecule has 1 aliphatic heterocycles. The number of hydrogen-bond donors (Lipinski definition) is 0. The number of thiocarbonyl (C=S) groups is 1. The zero-order valence-corrected chi connectivity index (χ0v) is 15.7. The van der Waals surface area contributed by atoms with E-state index < -0.39 is 17.9 Å². The van der Waals surface area contributed by atoms with Crippen molar-refractivity contribution in [2.24, 2.45) is 0 Å². The maximum absolute atomic E-state index is 12.8. The number of aliphatic carboxylic acids is 1. The molecule has 0 aliphatic carbocycles. The zero-order valence-electron chi connectivity index (χ0n) is 14.0. The molecule has 4 nitrogen and oxygen atoms in total. The molecule has 1 atom stereocenters. The second-order valence-electron chi connectivity index (χ2n) is 5.93. The van der Waals surface area contributed by atoms with Crippen LogP contribution in [0.4, 0.5) is 0 Å². The minimum Gasteiger partial charge on any atom is -0.548 e. The summed E-state index contributed by atoms with van der Waals surface area (Å²) in [5.74, 6) is -1.71. The topological polar surface area (TPSA) is 60.4 Å². The lowest BCUT2D eigenvalue weighted by Crippen LogP contribution is -2.51. The minimum absolute atomic E-state index is 0.146. The highest BCUT2D eigenvalue weighted by Crippen LogP contribution is 2.35. The van der Waals surface area contributed by atoms with Gasteiger partial charge in [0.15, 0.2) is 0 Å². The van der Waals surface area contributed by atoms with Crippen LogP contribution in [0.25, 0.3) is 6.08 Å². The number of carbonyl (C=O) groups excluding carboxylic acids is 2. The molecule has 0 N–H and O–H groups in total. The lowest BCUT2D eigenvalue weighted by Gasteiger charge is -2.27. The van der Waals surface area contributed by atoms with Gasteiger partial charge in [0.1, 0.15) is 4.32 Å². The van der Waals surface area contributed by atoms with Crippen molar-refractivity contribution in [3.8, 4) is 0 Å². The summed E-state index contributed by atoms with van der Waals surface area (Å²) in [5.41, 5.74) is 2.73. The number of carboxylic acid groups (broad SMARTS) is 1. The Kier molecular flexibility index (Phi) is 5.54. The van der Waals surface area contributed by atoms with Gasteiger partial charge in [0, 0.05) is 0 Å². The van der Waals surface area contributed by atoms with E-state index in [1.165, 1.54) is 0 Å². The van der Waals surface area contributed by atoms with Gasteiger partial charge in [-0.25, -0.2) is 0 Å². The Bertz CT molecular complexity index is 893. The summed E-state index contributed by atoms with van der Waals surface area (Å²) in [4.78, 5) is 26.1. The van der Waals surface area contributed by atoms with E-state index >= 15 is 0 Å². The fourth-order valence-corrected chi connectivity index (χ4v) is 4.10. The van der Waals surface area contributed by atoms with E-state index in [1.54, 1.807) is 6.08 Å². The predicted octanol–water partition coefficient (Wildman–Crippen LogP) is 2.56. The smallest absolute Gasteiger partial charge is 0.266 e. The van der Waals surface area contributed by atoms with E-state index in [9.17, 15) is 14.7 Å². The van der Waals surface area contributed by atoms with E-state index in [-0.39, 0.29) is 10.7 Å². The summed E-state index contributed by atoms with van der Waals surface area (Å²) in [7, 11) is 0. The third-order valence-corrected chi connectivity index (χ3v) is 5.48. The number of benzene rings is 2. The van der Waals surface area contributed by atoms with Gasteiger partial charge in [0.05, 0.1) is 16.9 Å². The molecule has 1 heterocycles. The number of hydrogen-bond acceptors (Lipinski definition) is 5. The Morgan fingerprint density at radius 2 is 1.85 bits per heavy atom. The third-order valence-electron chi connectivity index (χ3n) is 4.15. The Morgan fingerprint density at radius 1 is 1.19 bits per heavy atom. The number of nitrogens with zero attached hydrogens (tertiary/aromatic N) is 1. The molecule has 6 heteroatoms. The van der Waals surface area contributed by atoms with Gasteiger partial charge in [-0.3, -0.25) is 9.69 Å². The first-order chi connectivity index (χ1) is 12.5. The molecule has 1 saturated heterocycles. The average Bonchev–Trinajstić information content (AvgIpc) is 2.89. The molecule has 132 valence electrons. The number of aryl methyl sites for hydroxylation is 1. The van der Waals surface area contributed by atoms with Crippen molar-refractivity contribution < 1.29 is 14.7 Å². The summed E-state index contributed by atoms with van der Waals surface area (Å²) >= 11 is 6.41. The summed E-state index contributed by atoms with van der Waals surface area (Å²) < 4.78 is 0.236. The number of thioether (sulfide) groups is 1. The van der Waals surface area contributed by atoms with Crippen LogP contribution >= 0.6 is 24.0 Å². The molecule has 2 aromatic rings. The average molecular weight is 382 g/mol. The lowest BCUT2D eigenvalue weighted by molar-refractivity contribution is -0.310. The standard InChI is InChI=1S/C20H17NO3S2/c1-13-7-5-6-10-15(13)12-17-18(22)21(20(25)26-17)16(19(23)24)11-14-8-3-2-4-9-14/h2-10,12,16H,11H2,1H3,(H,23,24)/p-1/b17-12-/t16-/m1/s1. The molecule has 0 bridgehead atoms. The van der Waals surface area contributed by atoms with Crippen LogP contribution < -0.4 is 5.11 Å². The first kappa shape index (κ1) is 18.4. The quantitative estimate of drug-likeness (QED) is 0.588. The number of carbonyl (C=O) groups is 2. The zero-order chi connectivity index (χ0) is 18.7. The number of carboxylic acids is 1. The van der Waals surface area contributed by atoms with Crippen LogP contribution in [0.2, 0.25) is 0 Å². The molecule has 0 unspecified atom stereocenters. The molecule has 26 heavy (non-hydrogen) atoms. The first-order valence-corrected chi connectivity index (χ1v) is 9.27. The second-order valence-corrected chi connectivity index (χ2v) is 7.61. The van der Waals surface area contributed by atoms with Gasteiger partial charge in [-0.15, -0.1) is 0 Å². The highest BCUT2D eigenvalue weighted by atomic mass is 32.2. The van der Waals surface area contributed by atoms with Crippen molar-refractivity contribution in [1.29, 1.82) is 0 Å². The van der Waals surface area contributed by atoms with Crippen LogP contribution in [0, 0.1) is 6.92 Å². The largest absolute Gasteiger partial charge is 0.548 e. The molecule has 1 amide bonds. The van der Waals surface area contributed by atoms with Crippen LogP contribution in [-0.2, 0) is 16.0 Å². The highest BCUT2D eigenvalue weighted by Gasteiger charge is 2.37. The summed E-state index contributed by atoms with van der Waals surface area (Å²) in [5, 5.41) is 11.7. The van der Waals surface area contributed by atoms with Crippen molar-refractivity contribution in [3.05, 3.63) is 76.2 Å². The second kappa shape index (κ2) is 7.85. The van der Waals surface area contributed by atoms with Crippen LogP contribution in [0.5, 0.6) is 0 Å². The molecule has 3 rings (SSSR count). The highest BCUT2D eigenvalue weighted by molar-refractivity contribution is 8.26. The molecule has 0 radical (unpaired) electrons. The van der Waals surface area contributed by atoms with Crippen molar-refractivity contribution >= 4 is 46.3 Å². The van der Waals surface area contributed by atoms with Gasteiger partial charge in [-0.1, -0.05) is 78.6 Å². The van der Waals surface area contributed by atoms with Crippen molar-refractivity contribution in [3.63, 3.8) is 0 Å². The summed E-state index contributed by atoms with van der Waals surface area (Å²) in [6.07, 6.45) is 1.90. The minimum atomic E-state index is -1.32. The van der Waals surface area contributed by atoms with Crippen LogP contribution in [0.3, 0.4) is 0 Å². The molecule has 2 aromatic carbocycles. The first-order valence-electron chi connectivity index (χ1n) is 8.05. The van der Waals surface area contributed by atoms with Crippen LogP contribution in [0.15, 0.2) is 59.5 Å². The molecule has 0 spiro atoms. The van der Waals surface area contributed by atoms with Crippen LogP contribution in [0.1, 0.15) is 16.7 Å². The third kappa shape index (κ3) is 3.86. The van der Waals surface area contributed by atoms with Gasteiger partial charge in [0.25, 0.3) is 5.91 Å². The fourth-order valence-electron chi connectivity index (χ4n) is 2.76. The molecule has 0 saturated carbocycles. The normalized spacial score (nSPS) is 17.0. The lowest BCUT2D eigenvalue weighted by atomic mass is 10.0. The molecule has 0 aromatic heterocycles. The Balaban J connectivity index is 1.89. The maximum atomic E-state index is 12.8. The maximum Gasteiger partial charge on any atom is 0.266 e. The Hall–Kier alpha value is -2.44. The van der Waals surface area contributed by atoms with Crippen LogP contribution in [-0.4, -0.2) is 27.1 Å². The summed E-state index contributed by atoms with van der Waals surface area (Å²) in [6, 6.07) is 15.7. The molecular weight excluding hydrogens is 366 g/mol. The number of amides is 1. The van der Waals surface area contributed by atoms with E-state index in [1.807, 2.05) is 61.5 Å². The molecule has 1 aliphatic rings. The predicted molar refractivity (Wildman–Crippen MR) is 105 cm³/mol. The SMILES string of the molecule is Cc1ccccc1/C=C1\SC(=S)N([C@H](Cc2ccccc2)C(=O)[O-])C1=O. The van der Waals surface area contributed by atoms with Gasteiger partial charge in [-0.2, -0.15) is 0 Å². The van der Waals surface area contributed by atoms with Gasteiger partial charge < -0.3 is 9.90 Å². The molecule has 1 fully saturated rings. The van der Waals surface area contributed by atoms with Gasteiger partial charge in [0.2, 0.25) is 0 Å². The number of rotatable bonds is 5. The monoisotopic (exact) mass is 382 g/mol. The van der Waals surface area contributed by atoms with E-state index in [0.717, 1.165) is 33.4 Å². The van der Waals surface area contributed by atoms with Crippen molar-refractivity contribution in [1.82, 2.24) is 4.90 Å². The van der Waals surface area contributed by atoms with Crippen molar-refractivity contribution in [2.45, 2.75) is 19.4 Å². The van der Waals surface area contributed by atoms with E-state index in [2.05, 4.69) is 0 Å². The van der Waals surface area contributed by atoms with Gasteiger partial charge in [-0.05, 0) is 36.1 Å². The Morgan fingerprint density at radius 3 is 2.50 bits per heavy atom.